The van der Waals surface area contributed by atoms with Crippen LogP contribution in [0.15, 0.2) is 0 Å². The highest BCUT2D eigenvalue weighted by atomic mass is 19.2. The Kier molecular flexibility index (Phi) is 13.9. The fourth-order valence-corrected chi connectivity index (χ4v) is 4.18. The van der Waals surface area contributed by atoms with Crippen LogP contribution in [-0.2, 0) is 19.1 Å². The Morgan fingerprint density at radius 3 is 1.50 bits per heavy atom. The summed E-state index contributed by atoms with van der Waals surface area (Å²) < 4.78 is 81.2. The molecule has 1 fully saturated rings. The van der Waals surface area contributed by atoms with E-state index >= 15 is 0 Å². The summed E-state index contributed by atoms with van der Waals surface area (Å²) in [4.78, 5) is 24.3. The first-order valence-electron chi connectivity index (χ1n) is 12.7. The van der Waals surface area contributed by atoms with Gasteiger partial charge in [-0.1, -0.05) is 57.8 Å². The third kappa shape index (κ3) is 10.1. The van der Waals surface area contributed by atoms with E-state index in [1.807, 2.05) is 0 Å². The third-order valence-corrected chi connectivity index (χ3v) is 6.26. The summed E-state index contributed by atoms with van der Waals surface area (Å²) in [5, 5.41) is 0. The predicted octanol–water partition coefficient (Wildman–Crippen LogP) is 6.59. The Labute approximate surface area is 208 Å². The first-order valence-corrected chi connectivity index (χ1v) is 12.7. The fraction of sp³-hybridized carbons (Fsp3) is 0.692. The van der Waals surface area contributed by atoms with Crippen molar-refractivity contribution >= 4 is 11.8 Å². The van der Waals surface area contributed by atoms with Crippen LogP contribution in [0.4, 0.5) is 22.0 Å². The van der Waals surface area contributed by atoms with E-state index in [2.05, 4.69) is 4.74 Å². The minimum Gasteiger partial charge on any atom is -0.420 e. The topological polar surface area (TPSA) is 61.8 Å². The van der Waals surface area contributed by atoms with Gasteiger partial charge in [0.05, 0.1) is 32.8 Å². The Morgan fingerprint density at radius 1 is 0.583 bits per heavy atom. The molecule has 1 aliphatic carbocycles. The number of hydrogen-bond acceptors (Lipinski definition) is 5. The molecule has 1 saturated carbocycles. The van der Waals surface area contributed by atoms with E-state index in [9.17, 15) is 31.5 Å². The van der Waals surface area contributed by atoms with Crippen molar-refractivity contribution in [1.29, 1.82) is 0 Å². The highest BCUT2D eigenvalue weighted by molar-refractivity contribution is 5.81. The number of hydrogen-bond donors (Lipinski definition) is 0. The van der Waals surface area contributed by atoms with Gasteiger partial charge in [-0.05, 0) is 12.8 Å². The predicted molar refractivity (Wildman–Crippen MR) is 122 cm³/mol. The Balaban J connectivity index is 1.59. The minimum absolute atomic E-state index is 0.0907. The molecule has 2 rings (SSSR count). The molecule has 204 valence electrons. The van der Waals surface area contributed by atoms with Crippen LogP contribution in [0.2, 0.25) is 0 Å². The van der Waals surface area contributed by atoms with Gasteiger partial charge in [-0.25, -0.2) is 13.2 Å². The Morgan fingerprint density at radius 2 is 1.00 bits per heavy atom. The van der Waals surface area contributed by atoms with E-state index in [4.69, 9.17) is 9.47 Å². The largest absolute Gasteiger partial charge is 0.420 e. The van der Waals surface area contributed by atoms with Crippen molar-refractivity contribution in [2.45, 2.75) is 83.5 Å². The third-order valence-electron chi connectivity index (χ3n) is 6.26. The molecule has 0 saturated heterocycles. The van der Waals surface area contributed by atoms with Crippen LogP contribution in [0.1, 0.15) is 83.5 Å². The highest BCUT2D eigenvalue weighted by Crippen LogP contribution is 2.29. The van der Waals surface area contributed by atoms with E-state index < -0.39 is 47.2 Å². The summed E-state index contributed by atoms with van der Waals surface area (Å²) in [6.45, 7) is 0.317. The zero-order valence-electron chi connectivity index (χ0n) is 20.5. The van der Waals surface area contributed by atoms with Crippen LogP contribution >= 0.6 is 0 Å². The number of benzene rings is 1. The quantitative estimate of drug-likeness (QED) is 0.0819. The van der Waals surface area contributed by atoms with Gasteiger partial charge in [-0.2, -0.15) is 8.78 Å². The molecular weight excluding hydrogens is 487 g/mol. The van der Waals surface area contributed by atoms with Crippen LogP contribution < -0.4 is 4.74 Å². The molecule has 1 aromatic rings. The first kappa shape index (κ1) is 30.2. The second kappa shape index (κ2) is 16.6. The fourth-order valence-electron chi connectivity index (χ4n) is 4.18. The van der Waals surface area contributed by atoms with Gasteiger partial charge in [0.2, 0.25) is 34.8 Å². The molecule has 0 spiro atoms. The van der Waals surface area contributed by atoms with Crippen molar-refractivity contribution in [3.05, 3.63) is 29.1 Å². The molecule has 1 aromatic carbocycles. The molecule has 0 bridgehead atoms. The molecular formula is C26H35F5O5. The number of carbonyl (C=O) groups excluding carboxylic acids is 2. The van der Waals surface area contributed by atoms with Crippen molar-refractivity contribution in [3.8, 4) is 5.75 Å². The molecule has 0 unspecified atom stereocenters. The van der Waals surface area contributed by atoms with E-state index in [-0.39, 0.29) is 38.1 Å². The molecule has 0 aliphatic heterocycles. The maximum absolute atomic E-state index is 13.5. The van der Waals surface area contributed by atoms with Gasteiger partial charge in [-0.15, -0.1) is 0 Å². The highest BCUT2D eigenvalue weighted by Gasteiger charge is 2.28. The average molecular weight is 523 g/mol. The zero-order chi connectivity index (χ0) is 26.3. The van der Waals surface area contributed by atoms with E-state index in [1.165, 1.54) is 44.9 Å². The van der Waals surface area contributed by atoms with E-state index in [0.717, 1.165) is 25.7 Å². The van der Waals surface area contributed by atoms with Crippen molar-refractivity contribution in [2.24, 2.45) is 5.92 Å². The number of halogens is 5. The van der Waals surface area contributed by atoms with E-state index in [0.29, 0.717) is 6.42 Å². The Hall–Kier alpha value is -2.07. The van der Waals surface area contributed by atoms with Gasteiger partial charge in [0.1, 0.15) is 5.78 Å². The number of Topliss-reactive ketones (excluding diaryl/α,β-unsaturated/α-hetero) is 1. The lowest BCUT2D eigenvalue weighted by Crippen LogP contribution is -2.18. The SMILES string of the molecule is O=C(CCOCCOCCC(=O)C1CCCCCCCCCCC1)Oc1c(F)c(F)c(F)c(F)c1F. The maximum atomic E-state index is 13.5. The summed E-state index contributed by atoms with van der Waals surface area (Å²) in [6.07, 6.45) is 12.6. The number of ketones is 1. The summed E-state index contributed by atoms with van der Waals surface area (Å²) in [5.74, 6) is -13.7. The van der Waals surface area contributed by atoms with Crippen LogP contribution in [0.25, 0.3) is 0 Å². The smallest absolute Gasteiger partial charge is 0.313 e. The van der Waals surface area contributed by atoms with Crippen molar-refractivity contribution in [2.75, 3.05) is 26.4 Å². The van der Waals surface area contributed by atoms with Gasteiger partial charge in [-0.3, -0.25) is 9.59 Å². The number of ether oxygens (including phenoxy) is 3. The minimum atomic E-state index is -2.34. The molecule has 0 radical (unpaired) electrons. The van der Waals surface area contributed by atoms with Gasteiger partial charge < -0.3 is 14.2 Å². The molecule has 0 aromatic heterocycles. The first-order chi connectivity index (χ1) is 17.3. The second-order valence-corrected chi connectivity index (χ2v) is 9.02. The molecule has 0 atom stereocenters. The van der Waals surface area contributed by atoms with Crippen LogP contribution in [-0.4, -0.2) is 38.2 Å². The second-order valence-electron chi connectivity index (χ2n) is 9.02. The van der Waals surface area contributed by atoms with Gasteiger partial charge in [0, 0.05) is 12.3 Å². The van der Waals surface area contributed by atoms with Crippen LogP contribution in [0.5, 0.6) is 5.75 Å². The lowest BCUT2D eigenvalue weighted by molar-refractivity contribution is -0.136. The molecule has 36 heavy (non-hydrogen) atoms. The Bertz CT molecular complexity index is 807. The number of carbonyl (C=O) groups is 2. The molecule has 0 amide bonds. The summed E-state index contributed by atoms with van der Waals surface area (Å²) in [6, 6.07) is 0. The zero-order valence-corrected chi connectivity index (χ0v) is 20.5. The lowest BCUT2D eigenvalue weighted by Gasteiger charge is -2.17. The average Bonchev–Trinajstić information content (AvgIpc) is 2.86. The van der Waals surface area contributed by atoms with E-state index in [1.54, 1.807) is 0 Å². The van der Waals surface area contributed by atoms with Gasteiger partial charge >= 0.3 is 5.97 Å². The summed E-state index contributed by atoms with van der Waals surface area (Å²) in [5.41, 5.74) is 0. The van der Waals surface area contributed by atoms with Gasteiger partial charge in [0.25, 0.3) is 0 Å². The molecule has 1 aliphatic rings. The maximum Gasteiger partial charge on any atom is 0.313 e. The lowest BCUT2D eigenvalue weighted by atomic mass is 9.89. The number of esters is 1. The molecule has 10 heteroatoms. The summed E-state index contributed by atoms with van der Waals surface area (Å²) in [7, 11) is 0. The molecule has 5 nitrogen and oxygen atoms in total. The monoisotopic (exact) mass is 522 g/mol. The van der Waals surface area contributed by atoms with Crippen molar-refractivity contribution in [1.82, 2.24) is 0 Å². The van der Waals surface area contributed by atoms with Crippen LogP contribution in [0, 0.1) is 35.0 Å². The van der Waals surface area contributed by atoms with Gasteiger partial charge in [0.15, 0.2) is 0 Å². The normalized spacial score (nSPS) is 16.2. The van der Waals surface area contributed by atoms with Crippen LogP contribution in [0.3, 0.4) is 0 Å². The van der Waals surface area contributed by atoms with Crippen molar-refractivity contribution < 1.29 is 45.8 Å². The molecule has 0 heterocycles. The molecule has 0 N–H and O–H groups in total. The summed E-state index contributed by atoms with van der Waals surface area (Å²) >= 11 is 0. The standard InChI is InChI=1S/C26H35F5O5/c27-21-22(28)24(30)26(25(31)23(21)29)36-20(33)13-15-35-17-16-34-14-12-19(32)18-10-8-6-4-2-1-3-5-7-9-11-18/h18H,1-17H2. The van der Waals surface area contributed by atoms with Crippen molar-refractivity contribution in [3.63, 3.8) is 0 Å². The number of rotatable bonds is 11.